The largest absolute Gasteiger partial charge is 0.497 e. The standard InChI is InChI=1S/C30H41N3O8/c1-20-16-32(21(2)18-39-19-22-8-11-25(38-7)12-9-22)28(34)15-23-14-24(33(36)37)10-13-26(23)40-27(20)17-31(6)29(35)41-30(3,4)5/h8-14,20-21,27H,15-19H2,1-7H3/t20?,21-,27-/m0/s1. The van der Waals surface area contributed by atoms with Crippen LogP contribution >= 0.6 is 0 Å². The molecule has 0 saturated heterocycles. The Morgan fingerprint density at radius 3 is 2.51 bits per heavy atom. The number of carbonyl (C=O) groups excluding carboxylic acids is 2. The van der Waals surface area contributed by atoms with Crippen LogP contribution < -0.4 is 9.47 Å². The number of benzene rings is 2. The van der Waals surface area contributed by atoms with Crippen LogP contribution in [-0.2, 0) is 27.3 Å². The normalized spacial score (nSPS) is 18.2. The highest BCUT2D eigenvalue weighted by atomic mass is 16.6. The molecule has 2 aromatic carbocycles. The van der Waals surface area contributed by atoms with Crippen LogP contribution in [0.5, 0.6) is 11.5 Å². The molecule has 0 radical (unpaired) electrons. The van der Waals surface area contributed by atoms with Crippen LogP contribution in [0.1, 0.15) is 45.7 Å². The summed E-state index contributed by atoms with van der Waals surface area (Å²) in [7, 11) is 3.24. The fourth-order valence-corrected chi connectivity index (χ4v) is 4.49. The summed E-state index contributed by atoms with van der Waals surface area (Å²) in [5, 5.41) is 11.5. The van der Waals surface area contributed by atoms with Gasteiger partial charge in [-0.25, -0.2) is 4.79 Å². The highest BCUT2D eigenvalue weighted by Crippen LogP contribution is 2.30. The number of ether oxygens (including phenoxy) is 4. The van der Waals surface area contributed by atoms with Crippen molar-refractivity contribution in [3.8, 4) is 11.5 Å². The van der Waals surface area contributed by atoms with E-state index in [-0.39, 0.29) is 43.1 Å². The Labute approximate surface area is 241 Å². The van der Waals surface area contributed by atoms with Crippen molar-refractivity contribution in [3.05, 3.63) is 63.7 Å². The van der Waals surface area contributed by atoms with Gasteiger partial charge in [0.2, 0.25) is 5.91 Å². The van der Waals surface area contributed by atoms with Crippen LogP contribution in [-0.4, -0.2) is 78.3 Å². The number of rotatable bonds is 9. The number of nitrogens with zero attached hydrogens (tertiary/aromatic N) is 3. The summed E-state index contributed by atoms with van der Waals surface area (Å²) in [5.74, 6) is 0.745. The van der Waals surface area contributed by atoms with Crippen molar-refractivity contribution in [2.75, 3.05) is 33.9 Å². The monoisotopic (exact) mass is 571 g/mol. The van der Waals surface area contributed by atoms with E-state index in [2.05, 4.69) is 0 Å². The number of amides is 2. The van der Waals surface area contributed by atoms with Gasteiger partial charge in [0.1, 0.15) is 23.2 Å². The van der Waals surface area contributed by atoms with E-state index in [0.717, 1.165) is 11.3 Å². The predicted octanol–water partition coefficient (Wildman–Crippen LogP) is 4.84. The molecule has 1 aliphatic heterocycles. The van der Waals surface area contributed by atoms with Crippen molar-refractivity contribution in [1.82, 2.24) is 9.80 Å². The second-order valence-electron chi connectivity index (χ2n) is 11.5. The lowest BCUT2D eigenvalue weighted by Gasteiger charge is -2.34. The first-order valence-corrected chi connectivity index (χ1v) is 13.7. The molecule has 0 fully saturated rings. The van der Waals surface area contributed by atoms with Gasteiger partial charge in [0.25, 0.3) is 5.69 Å². The van der Waals surface area contributed by atoms with Crippen LogP contribution in [0.3, 0.4) is 0 Å². The molecule has 3 atom stereocenters. The van der Waals surface area contributed by atoms with E-state index in [0.29, 0.717) is 24.5 Å². The summed E-state index contributed by atoms with van der Waals surface area (Å²) in [6.45, 7) is 10.4. The first kappa shape index (κ1) is 31.7. The fourth-order valence-electron chi connectivity index (χ4n) is 4.49. The van der Waals surface area contributed by atoms with Crippen LogP contribution in [0.25, 0.3) is 0 Å². The molecular weight excluding hydrogens is 530 g/mol. The molecule has 41 heavy (non-hydrogen) atoms. The number of likely N-dealkylation sites (N-methyl/N-ethyl adjacent to an activating group) is 1. The average molecular weight is 572 g/mol. The minimum atomic E-state index is -0.660. The van der Waals surface area contributed by atoms with E-state index < -0.39 is 22.7 Å². The van der Waals surface area contributed by atoms with E-state index in [1.165, 1.54) is 23.1 Å². The molecule has 0 N–H and O–H groups in total. The number of methoxy groups -OCH3 is 1. The van der Waals surface area contributed by atoms with Gasteiger partial charge in [0, 0.05) is 37.2 Å². The molecule has 0 saturated carbocycles. The van der Waals surface area contributed by atoms with Gasteiger partial charge in [0.05, 0.1) is 44.3 Å². The highest BCUT2D eigenvalue weighted by molar-refractivity contribution is 5.80. The third-order valence-electron chi connectivity index (χ3n) is 6.79. The minimum absolute atomic E-state index is 0.0683. The van der Waals surface area contributed by atoms with Crippen LogP contribution in [0, 0.1) is 16.0 Å². The van der Waals surface area contributed by atoms with Gasteiger partial charge in [-0.2, -0.15) is 0 Å². The molecule has 1 unspecified atom stereocenters. The van der Waals surface area contributed by atoms with E-state index in [1.54, 1.807) is 39.8 Å². The zero-order valence-corrected chi connectivity index (χ0v) is 24.9. The lowest BCUT2D eigenvalue weighted by atomic mass is 10.0. The quantitative estimate of drug-likeness (QED) is 0.310. The average Bonchev–Trinajstić information content (AvgIpc) is 2.95. The first-order valence-electron chi connectivity index (χ1n) is 13.7. The Morgan fingerprint density at radius 1 is 1.22 bits per heavy atom. The smallest absolute Gasteiger partial charge is 0.410 e. The van der Waals surface area contributed by atoms with Crippen molar-refractivity contribution in [2.45, 2.75) is 65.4 Å². The molecule has 2 amide bonds. The molecule has 1 heterocycles. The van der Waals surface area contributed by atoms with Crippen LogP contribution in [0.2, 0.25) is 0 Å². The third kappa shape index (κ3) is 9.07. The lowest BCUT2D eigenvalue weighted by molar-refractivity contribution is -0.384. The fraction of sp³-hybridized carbons (Fsp3) is 0.533. The number of carbonyl (C=O) groups is 2. The molecule has 2 aromatic rings. The van der Waals surface area contributed by atoms with Gasteiger partial charge >= 0.3 is 6.09 Å². The predicted molar refractivity (Wildman–Crippen MR) is 153 cm³/mol. The molecule has 224 valence electrons. The molecule has 0 aromatic heterocycles. The maximum atomic E-state index is 13.6. The van der Waals surface area contributed by atoms with E-state index in [1.807, 2.05) is 38.1 Å². The Hall–Kier alpha value is -3.86. The maximum Gasteiger partial charge on any atom is 0.410 e. The van der Waals surface area contributed by atoms with Gasteiger partial charge in [-0.15, -0.1) is 0 Å². The number of nitro groups is 1. The molecule has 0 spiro atoms. The second kappa shape index (κ2) is 13.7. The number of nitro benzene ring substituents is 1. The Morgan fingerprint density at radius 2 is 1.90 bits per heavy atom. The van der Waals surface area contributed by atoms with Gasteiger partial charge in [-0.1, -0.05) is 19.1 Å². The van der Waals surface area contributed by atoms with Crippen LogP contribution in [0.15, 0.2) is 42.5 Å². The zero-order chi connectivity index (χ0) is 30.3. The summed E-state index contributed by atoms with van der Waals surface area (Å²) < 4.78 is 23.0. The summed E-state index contributed by atoms with van der Waals surface area (Å²) in [5.41, 5.74) is 0.602. The summed E-state index contributed by atoms with van der Waals surface area (Å²) >= 11 is 0. The number of hydrogen-bond acceptors (Lipinski definition) is 8. The SMILES string of the molecule is COc1ccc(COC[C@H](C)N2CC(C)[C@H](CN(C)C(=O)OC(C)(C)C)Oc3ccc([N+](=O)[O-])cc3CC2=O)cc1. The van der Waals surface area contributed by atoms with Crippen molar-refractivity contribution >= 4 is 17.7 Å². The van der Waals surface area contributed by atoms with Crippen molar-refractivity contribution in [2.24, 2.45) is 5.92 Å². The van der Waals surface area contributed by atoms with Crippen molar-refractivity contribution in [1.29, 1.82) is 0 Å². The maximum absolute atomic E-state index is 13.6. The second-order valence-corrected chi connectivity index (χ2v) is 11.5. The first-order chi connectivity index (χ1) is 19.3. The molecular formula is C30H41N3O8. The van der Waals surface area contributed by atoms with E-state index >= 15 is 0 Å². The van der Waals surface area contributed by atoms with Gasteiger partial charge in [0.15, 0.2) is 0 Å². The summed E-state index contributed by atoms with van der Waals surface area (Å²) in [6.07, 6.45) is -1.08. The topological polar surface area (TPSA) is 121 Å². The summed E-state index contributed by atoms with van der Waals surface area (Å²) in [6, 6.07) is 11.5. The van der Waals surface area contributed by atoms with E-state index in [9.17, 15) is 19.7 Å². The van der Waals surface area contributed by atoms with Crippen LogP contribution in [0.4, 0.5) is 10.5 Å². The Balaban J connectivity index is 1.82. The number of fused-ring (bicyclic) bond motifs is 1. The number of hydrogen-bond donors (Lipinski definition) is 0. The van der Waals surface area contributed by atoms with Gasteiger partial charge in [-0.3, -0.25) is 14.9 Å². The zero-order valence-electron chi connectivity index (χ0n) is 24.9. The van der Waals surface area contributed by atoms with Gasteiger partial charge < -0.3 is 28.7 Å². The summed E-state index contributed by atoms with van der Waals surface area (Å²) in [4.78, 5) is 40.5. The minimum Gasteiger partial charge on any atom is -0.497 e. The molecule has 0 bridgehead atoms. The van der Waals surface area contributed by atoms with Crippen molar-refractivity contribution < 1.29 is 33.5 Å². The molecule has 11 nitrogen and oxygen atoms in total. The Bertz CT molecular complexity index is 1210. The lowest BCUT2D eigenvalue weighted by Crippen LogP contribution is -2.48. The Kier molecular flexibility index (Phi) is 10.6. The highest BCUT2D eigenvalue weighted by Gasteiger charge is 2.33. The molecule has 11 heteroatoms. The van der Waals surface area contributed by atoms with E-state index in [4.69, 9.17) is 18.9 Å². The third-order valence-corrected chi connectivity index (χ3v) is 6.79. The van der Waals surface area contributed by atoms with Crippen molar-refractivity contribution in [3.63, 3.8) is 0 Å². The number of non-ortho nitro benzene ring substituents is 1. The van der Waals surface area contributed by atoms with Gasteiger partial charge in [-0.05, 0) is 51.5 Å². The molecule has 1 aliphatic rings. The molecule has 3 rings (SSSR count). The molecule has 0 aliphatic carbocycles.